The van der Waals surface area contributed by atoms with Crippen LogP contribution in [0.4, 0.5) is 0 Å². The number of fused-ring (bicyclic) bond motifs is 10. The van der Waals surface area contributed by atoms with Gasteiger partial charge in [0.05, 0.1) is 68.6 Å². The van der Waals surface area contributed by atoms with Crippen molar-refractivity contribution in [1.82, 2.24) is 24.5 Å². The molecule has 21 heteroatoms. The van der Waals surface area contributed by atoms with E-state index in [4.69, 9.17) is 47.4 Å². The molecule has 0 saturated heterocycles. The zero-order valence-corrected chi connectivity index (χ0v) is 87.5. The van der Waals surface area contributed by atoms with Gasteiger partial charge in [-0.25, -0.2) is 0 Å². The van der Waals surface area contributed by atoms with Gasteiger partial charge in [0.1, 0.15) is 46.0 Å². The quantitative estimate of drug-likeness (QED) is 0.0790. The molecule has 2 N–H and O–H groups in total. The Hall–Kier alpha value is -5.98. The van der Waals surface area contributed by atoms with Crippen molar-refractivity contribution in [3.05, 3.63) is 223 Å². The summed E-state index contributed by atoms with van der Waals surface area (Å²) in [4.78, 5) is 12.7. The van der Waals surface area contributed by atoms with Gasteiger partial charge in [0.15, 0.2) is 23.0 Å². The summed E-state index contributed by atoms with van der Waals surface area (Å²) < 4.78 is 57.4. The normalized spacial score (nSPS) is 16.1. The van der Waals surface area contributed by atoms with E-state index < -0.39 is 0 Å². The standard InChI is InChI=1S/C22H27NO2.C21H25NO3.C21H25NO2.C20H23NO3.C20H23NO2.15CH4.4Y/c1-4-10-23-11-9-16-12-17(25-5-2)14-18-21(16)19(23)13-15-7-6-8-20(24-3)22(15)18;1-4-22-9-8-14-10-15(25-5-2)12-16-19(14)17(22)11-13-6-7-18(23)21(24-3)20(13)16;1-4-22-10-9-15-11-16(24-5-2)13-17-20(15)18(22)12-14-7-6-8-19(23-3)21(14)17;1-4-24-14-9-13-7-8-21(2)16-10-12-5-6-17(22)20(23-3)19(12)15(11-14)18(13)16;1-4-23-15-10-14-8-9-21(2)17-11-13-6-5-7-18(22-3)20(13)16(12-15)19(14)17;;;;;;;;;;;;;;;;;;;/h6-8,12,14,19H,4-5,9-11,13H2,1-3H3;6-7,10,12,17,23H,4-5,8-9,11H2,1-3H3;6-8,11,13,18H,4-5,9-10,12H2,1-3H3;5-6,9,11,16,22H,4,7-8,10H2,1-3H3;5-7,10,12,17H,4,8-9,11H2,1-3H3;15*1H4;;;;/t19-;17-;18-;16-;17-;;;;;;;;;;;;;;;;;;;/m11111.................../s1. The van der Waals surface area contributed by atoms with Crippen LogP contribution >= 0.6 is 0 Å². The van der Waals surface area contributed by atoms with E-state index in [-0.39, 0.29) is 254 Å². The number of aromatic hydroxyl groups is 2. The number of methoxy groups -OCH3 is 5. The van der Waals surface area contributed by atoms with Gasteiger partial charge in [-0.15, -0.1) is 0 Å². The fourth-order valence-electron chi connectivity index (χ4n) is 21.7. The van der Waals surface area contributed by atoms with E-state index in [9.17, 15) is 10.2 Å². The van der Waals surface area contributed by atoms with E-state index in [0.717, 1.165) is 185 Å². The number of hydrogen-bond acceptors (Lipinski definition) is 17. The zero-order chi connectivity index (χ0) is 84.4. The Morgan fingerprint density at radius 2 is 0.507 bits per heavy atom. The average molecular weight is 2230 g/mol. The number of rotatable bonds is 19. The van der Waals surface area contributed by atoms with Crippen molar-refractivity contribution in [3.8, 4) is 125 Å². The molecular weight excluding hydrogens is 2050 g/mol. The number of hydrogen-bond donors (Lipinski definition) is 2. The Balaban J connectivity index is -0.000000799. The van der Waals surface area contributed by atoms with Crippen LogP contribution in [0.15, 0.2) is 140 Å². The van der Waals surface area contributed by atoms with Gasteiger partial charge in [0.25, 0.3) is 0 Å². The molecule has 5 aliphatic heterocycles. The summed E-state index contributed by atoms with van der Waals surface area (Å²) >= 11 is 0. The minimum atomic E-state index is 0. The molecule has 768 valence electrons. The Bertz CT molecular complexity index is 5490. The van der Waals surface area contributed by atoms with Crippen LogP contribution < -0.4 is 47.4 Å². The SMILES string of the molecule is C.C.C.C.C.C.C.C.C.C.C.C.C.C.C.CCCN1CCc2cc(OCC)cc3c2[C@H]1Cc1cccc(OC)c1-3.CCOc1cc2c3c(c1)-c1c(ccc(O)c1OC)C[C@H]3N(C)CC2.CCOc1cc2c3c(c1)-c1c(ccc(O)c1OC)C[C@H]3N(CC)CC2.CCOc1cc2c3c(c1)-c1c(cccc1OC)C[C@H]3N(C)CC2.CCOc1cc2c3c(c1)-c1c(cccc1OC)C[C@H]3N(CC)CC2.[Y].[Y].[Y].[Y]. The summed E-state index contributed by atoms with van der Waals surface area (Å²) in [5.74, 6) is 9.16. The molecule has 10 aromatic rings. The van der Waals surface area contributed by atoms with Crippen LogP contribution in [-0.2, 0) is 195 Å². The largest absolute Gasteiger partial charge is 0.504 e. The summed E-state index contributed by atoms with van der Waals surface area (Å²) in [6.07, 6.45) is 11.6. The number of nitrogens with zero attached hydrogens (tertiary/aromatic N) is 5. The molecule has 140 heavy (non-hydrogen) atoms. The van der Waals surface area contributed by atoms with Crippen molar-refractivity contribution in [2.75, 3.05) is 135 Å². The van der Waals surface area contributed by atoms with Gasteiger partial charge in [-0.05, 0) is 341 Å². The van der Waals surface area contributed by atoms with Gasteiger partial charge < -0.3 is 57.6 Å². The first-order chi connectivity index (χ1) is 59.1. The summed E-state index contributed by atoms with van der Waals surface area (Å²) in [6.45, 7) is 29.1. The first kappa shape index (κ1) is 140. The predicted octanol–water partition coefficient (Wildman–Crippen LogP) is 29.7. The average Bonchev–Trinajstić information content (AvgIpc) is 0.775. The molecule has 5 atom stereocenters. The molecule has 20 rings (SSSR count). The molecule has 4 radical (unpaired) electrons. The van der Waals surface area contributed by atoms with Crippen molar-refractivity contribution < 1.29 is 188 Å². The number of benzene rings is 10. The van der Waals surface area contributed by atoms with Crippen LogP contribution in [0.25, 0.3) is 55.6 Å². The van der Waals surface area contributed by atoms with Crippen LogP contribution in [0.1, 0.15) is 287 Å². The summed E-state index contributed by atoms with van der Waals surface area (Å²) in [5.41, 5.74) is 32.9. The van der Waals surface area contributed by atoms with Gasteiger partial charge in [-0.2, -0.15) is 0 Å². The first-order valence-electron chi connectivity index (χ1n) is 44.4. The maximum absolute atomic E-state index is 10.3. The van der Waals surface area contributed by atoms with Gasteiger partial charge in [0.2, 0.25) is 0 Å². The van der Waals surface area contributed by atoms with Crippen molar-refractivity contribution in [1.29, 1.82) is 0 Å². The second-order valence-corrected chi connectivity index (χ2v) is 33.3. The minimum Gasteiger partial charge on any atom is -0.504 e. The zero-order valence-electron chi connectivity index (χ0n) is 76.2. The van der Waals surface area contributed by atoms with Crippen LogP contribution in [0.2, 0.25) is 0 Å². The van der Waals surface area contributed by atoms with E-state index >= 15 is 0 Å². The van der Waals surface area contributed by atoms with Crippen molar-refractivity contribution >= 4 is 0 Å². The molecule has 0 saturated carbocycles. The molecule has 5 aliphatic carbocycles. The van der Waals surface area contributed by atoms with Gasteiger partial charge in [0, 0.05) is 222 Å². The van der Waals surface area contributed by atoms with Crippen molar-refractivity contribution in [2.24, 2.45) is 0 Å². The van der Waals surface area contributed by atoms with E-state index in [2.05, 4.69) is 175 Å². The van der Waals surface area contributed by atoms with Gasteiger partial charge >= 0.3 is 0 Å². The summed E-state index contributed by atoms with van der Waals surface area (Å²) in [5, 5.41) is 20.6. The maximum atomic E-state index is 10.3. The molecule has 0 unspecified atom stereocenters. The molecule has 0 spiro atoms. The fourth-order valence-corrected chi connectivity index (χ4v) is 21.7. The van der Waals surface area contributed by atoms with Gasteiger partial charge in [-0.1, -0.05) is 181 Å². The Kier molecular flexibility index (Phi) is 63.0. The number of phenols is 2. The Labute approximate surface area is 953 Å². The fraction of sp³-hybridized carbons (Fsp3) is 0.496. The monoisotopic (exact) mass is 2230 g/mol. The van der Waals surface area contributed by atoms with E-state index in [1.807, 2.05) is 46.8 Å². The molecule has 10 aromatic carbocycles. The van der Waals surface area contributed by atoms with E-state index in [0.29, 0.717) is 74.7 Å². The number of likely N-dealkylation sites (N-methyl/N-ethyl adjacent to an activating group) is 4. The topological polar surface area (TPSA) is 149 Å². The second-order valence-electron chi connectivity index (χ2n) is 33.3. The van der Waals surface area contributed by atoms with Crippen LogP contribution in [0, 0.1) is 0 Å². The third kappa shape index (κ3) is 27.5. The third-order valence-electron chi connectivity index (χ3n) is 26.9. The van der Waals surface area contributed by atoms with Crippen LogP contribution in [-0.4, -0.2) is 170 Å². The van der Waals surface area contributed by atoms with E-state index in [1.165, 1.54) is 123 Å². The predicted molar refractivity (Wildman–Crippen MR) is 585 cm³/mol. The molecule has 10 aliphatic rings. The van der Waals surface area contributed by atoms with Gasteiger partial charge in [-0.3, -0.25) is 24.5 Å². The summed E-state index contributed by atoms with van der Waals surface area (Å²) in [7, 11) is 13.0. The van der Waals surface area contributed by atoms with E-state index in [1.54, 1.807) is 47.7 Å². The Morgan fingerprint density at radius 1 is 0.271 bits per heavy atom. The van der Waals surface area contributed by atoms with Crippen molar-refractivity contribution in [2.45, 2.75) is 268 Å². The van der Waals surface area contributed by atoms with Crippen LogP contribution in [0.3, 0.4) is 0 Å². The van der Waals surface area contributed by atoms with Crippen LogP contribution in [0.5, 0.6) is 69.0 Å². The molecule has 0 aromatic heterocycles. The first-order valence-corrected chi connectivity index (χ1v) is 44.4. The molecule has 0 fully saturated rings. The molecule has 0 bridgehead atoms. The molecule has 5 heterocycles. The molecular formula is C119H183N5O12Y4. The number of ether oxygens (including phenoxy) is 10. The Morgan fingerprint density at radius 3 is 0.757 bits per heavy atom. The number of phenolic OH excluding ortho intramolecular Hbond substituents is 2. The maximum Gasteiger partial charge on any atom is 0.168 e. The minimum absolute atomic E-state index is 0. The third-order valence-corrected chi connectivity index (χ3v) is 26.9. The van der Waals surface area contributed by atoms with Crippen molar-refractivity contribution in [3.63, 3.8) is 0 Å². The second kappa shape index (κ2) is 62.9. The molecule has 0 amide bonds. The molecule has 17 nitrogen and oxygen atoms in total. The summed E-state index contributed by atoms with van der Waals surface area (Å²) in [6, 6.07) is 51.0. The smallest absolute Gasteiger partial charge is 0.168 e.